The molecule has 98 valence electrons. The highest BCUT2D eigenvalue weighted by Gasteiger charge is 2.15. The normalized spacial score (nSPS) is 15.3. The molecule has 19 heavy (non-hydrogen) atoms. The van der Waals surface area contributed by atoms with Gasteiger partial charge in [0.2, 0.25) is 0 Å². The molecule has 4 heteroatoms. The molecule has 3 rings (SSSR count). The second-order valence-corrected chi connectivity index (χ2v) is 6.05. The first kappa shape index (κ1) is 13.1. The van der Waals surface area contributed by atoms with E-state index in [1.807, 2.05) is 18.2 Å². The Morgan fingerprint density at radius 1 is 1.05 bits per heavy atom. The fourth-order valence-corrected chi connectivity index (χ4v) is 3.22. The largest absolute Gasteiger partial charge is 0.372 e. The van der Waals surface area contributed by atoms with Gasteiger partial charge in [-0.05, 0) is 40.5 Å². The van der Waals surface area contributed by atoms with Crippen molar-refractivity contribution in [3.8, 4) is 0 Å². The fraction of sp³-hybridized carbons (Fsp3) is 0.200. The summed E-state index contributed by atoms with van der Waals surface area (Å²) in [4.78, 5) is 0. The van der Waals surface area contributed by atoms with Gasteiger partial charge >= 0.3 is 0 Å². The summed E-state index contributed by atoms with van der Waals surface area (Å²) in [6.45, 7) is 1.38. The van der Waals surface area contributed by atoms with Crippen molar-refractivity contribution < 1.29 is 4.74 Å². The lowest BCUT2D eigenvalue weighted by Gasteiger charge is -2.14. The molecule has 0 aliphatic carbocycles. The lowest BCUT2D eigenvalue weighted by molar-refractivity contribution is 0.134. The third-order valence-electron chi connectivity index (χ3n) is 3.35. The van der Waals surface area contributed by atoms with Gasteiger partial charge in [-0.3, -0.25) is 0 Å². The average molecular weight is 339 g/mol. The van der Waals surface area contributed by atoms with E-state index in [1.54, 1.807) is 0 Å². The first-order chi connectivity index (χ1) is 9.13. The first-order valence-electron chi connectivity index (χ1n) is 6.04. The van der Waals surface area contributed by atoms with Crippen LogP contribution in [-0.4, -0.2) is 0 Å². The zero-order chi connectivity index (χ0) is 13.4. The number of hydrogen-bond acceptors (Lipinski definition) is 2. The molecule has 1 aliphatic rings. The van der Waals surface area contributed by atoms with Crippen LogP contribution < -0.4 is 5.73 Å². The van der Waals surface area contributed by atoms with E-state index >= 15 is 0 Å². The Kier molecular flexibility index (Phi) is 3.63. The second-order valence-electron chi connectivity index (χ2n) is 4.70. The van der Waals surface area contributed by atoms with Crippen LogP contribution >= 0.6 is 27.5 Å². The van der Waals surface area contributed by atoms with Gasteiger partial charge in [0.15, 0.2) is 0 Å². The Morgan fingerprint density at radius 3 is 2.63 bits per heavy atom. The fourth-order valence-electron chi connectivity index (χ4n) is 2.33. The van der Waals surface area contributed by atoms with Crippen molar-refractivity contribution in [2.24, 2.45) is 5.73 Å². The number of nitrogens with two attached hydrogens (primary N) is 1. The van der Waals surface area contributed by atoms with Crippen molar-refractivity contribution in [3.05, 3.63) is 68.1 Å². The molecule has 1 unspecified atom stereocenters. The van der Waals surface area contributed by atoms with Crippen LogP contribution in [0.3, 0.4) is 0 Å². The third kappa shape index (κ3) is 2.70. The van der Waals surface area contributed by atoms with E-state index in [9.17, 15) is 0 Å². The summed E-state index contributed by atoms with van der Waals surface area (Å²) < 4.78 is 6.36. The molecule has 1 heterocycles. The van der Waals surface area contributed by atoms with Gasteiger partial charge in [-0.2, -0.15) is 0 Å². The van der Waals surface area contributed by atoms with Gasteiger partial charge in [0, 0.05) is 9.50 Å². The predicted octanol–water partition coefficient (Wildman–Crippen LogP) is 4.18. The average Bonchev–Trinajstić information content (AvgIpc) is 2.83. The van der Waals surface area contributed by atoms with Crippen LogP contribution in [0, 0.1) is 0 Å². The molecule has 0 bridgehead atoms. The standard InChI is InChI=1S/C15H13BrClNO/c16-13-4-11(5-14(17)6-13)15(18)9-1-2-10-7-19-8-12(10)3-9/h1-6,15H,7-8,18H2. The number of ether oxygens (including phenoxy) is 1. The zero-order valence-electron chi connectivity index (χ0n) is 10.2. The van der Waals surface area contributed by atoms with Crippen molar-refractivity contribution in [1.82, 2.24) is 0 Å². The second kappa shape index (κ2) is 5.25. The topological polar surface area (TPSA) is 35.2 Å². The van der Waals surface area contributed by atoms with E-state index in [-0.39, 0.29) is 6.04 Å². The Morgan fingerprint density at radius 2 is 1.84 bits per heavy atom. The van der Waals surface area contributed by atoms with Crippen LogP contribution in [0.5, 0.6) is 0 Å². The number of fused-ring (bicyclic) bond motifs is 1. The van der Waals surface area contributed by atoms with Gasteiger partial charge in [0.25, 0.3) is 0 Å². The van der Waals surface area contributed by atoms with Gasteiger partial charge in [-0.15, -0.1) is 0 Å². The first-order valence-corrected chi connectivity index (χ1v) is 7.21. The summed E-state index contributed by atoms with van der Waals surface area (Å²) in [7, 11) is 0. The van der Waals surface area contributed by atoms with E-state index in [2.05, 4.69) is 34.1 Å². The highest BCUT2D eigenvalue weighted by atomic mass is 79.9. The summed E-state index contributed by atoms with van der Waals surface area (Å²) >= 11 is 9.51. The van der Waals surface area contributed by atoms with Crippen LogP contribution in [-0.2, 0) is 18.0 Å². The molecule has 2 N–H and O–H groups in total. The summed E-state index contributed by atoms with van der Waals surface area (Å²) in [5, 5.41) is 0.685. The summed E-state index contributed by atoms with van der Waals surface area (Å²) in [5.41, 5.74) is 10.9. The molecule has 0 saturated heterocycles. The molecule has 0 amide bonds. The summed E-state index contributed by atoms with van der Waals surface area (Å²) in [6.07, 6.45) is 0. The Labute approximate surface area is 125 Å². The molecular formula is C15H13BrClNO. The number of halogens is 2. The van der Waals surface area contributed by atoms with Gasteiger partial charge in [0.1, 0.15) is 0 Å². The van der Waals surface area contributed by atoms with E-state index in [4.69, 9.17) is 22.1 Å². The highest BCUT2D eigenvalue weighted by molar-refractivity contribution is 9.10. The van der Waals surface area contributed by atoms with Crippen molar-refractivity contribution in [3.63, 3.8) is 0 Å². The van der Waals surface area contributed by atoms with Gasteiger partial charge in [0.05, 0.1) is 19.3 Å². The highest BCUT2D eigenvalue weighted by Crippen LogP contribution is 2.29. The zero-order valence-corrected chi connectivity index (χ0v) is 12.5. The van der Waals surface area contributed by atoms with Crippen LogP contribution in [0.2, 0.25) is 5.02 Å². The predicted molar refractivity (Wildman–Crippen MR) is 80.1 cm³/mol. The van der Waals surface area contributed by atoms with Gasteiger partial charge in [-0.25, -0.2) is 0 Å². The maximum absolute atomic E-state index is 6.33. The lowest BCUT2D eigenvalue weighted by atomic mass is 9.96. The van der Waals surface area contributed by atoms with Crippen molar-refractivity contribution in [1.29, 1.82) is 0 Å². The molecule has 2 nitrogen and oxygen atoms in total. The lowest BCUT2D eigenvalue weighted by Crippen LogP contribution is -2.12. The minimum atomic E-state index is -0.180. The molecule has 0 fully saturated rings. The number of hydrogen-bond donors (Lipinski definition) is 1. The van der Waals surface area contributed by atoms with Crippen molar-refractivity contribution in [2.45, 2.75) is 19.3 Å². The minimum Gasteiger partial charge on any atom is -0.372 e. The molecule has 0 aromatic heterocycles. The molecule has 1 atom stereocenters. The minimum absolute atomic E-state index is 0.180. The van der Waals surface area contributed by atoms with E-state index in [0.717, 1.165) is 15.6 Å². The smallest absolute Gasteiger partial charge is 0.0725 e. The Balaban J connectivity index is 1.97. The van der Waals surface area contributed by atoms with Crippen LogP contribution in [0.25, 0.3) is 0 Å². The SMILES string of the molecule is NC(c1cc(Cl)cc(Br)c1)c1ccc2c(c1)COC2. The van der Waals surface area contributed by atoms with Gasteiger partial charge < -0.3 is 10.5 Å². The molecule has 0 spiro atoms. The van der Waals surface area contributed by atoms with Crippen LogP contribution in [0.15, 0.2) is 40.9 Å². The molecule has 0 radical (unpaired) electrons. The number of rotatable bonds is 2. The maximum Gasteiger partial charge on any atom is 0.0725 e. The Hall–Kier alpha value is -0.870. The van der Waals surface area contributed by atoms with E-state index < -0.39 is 0 Å². The molecule has 0 saturated carbocycles. The number of benzene rings is 2. The molecule has 2 aromatic carbocycles. The van der Waals surface area contributed by atoms with Crippen molar-refractivity contribution >= 4 is 27.5 Å². The van der Waals surface area contributed by atoms with Crippen LogP contribution in [0.1, 0.15) is 28.3 Å². The van der Waals surface area contributed by atoms with E-state index in [0.29, 0.717) is 18.2 Å². The monoisotopic (exact) mass is 337 g/mol. The van der Waals surface area contributed by atoms with Gasteiger partial charge in [-0.1, -0.05) is 45.7 Å². The Bertz CT molecular complexity index is 609. The maximum atomic E-state index is 6.33. The quantitative estimate of drug-likeness (QED) is 0.891. The molecule has 2 aromatic rings. The third-order valence-corrected chi connectivity index (χ3v) is 4.02. The molecule has 1 aliphatic heterocycles. The summed E-state index contributed by atoms with van der Waals surface area (Å²) in [5.74, 6) is 0. The summed E-state index contributed by atoms with van der Waals surface area (Å²) in [6, 6.07) is 11.9. The van der Waals surface area contributed by atoms with Crippen LogP contribution in [0.4, 0.5) is 0 Å². The molecular weight excluding hydrogens is 326 g/mol. The van der Waals surface area contributed by atoms with Crippen molar-refractivity contribution in [2.75, 3.05) is 0 Å². The van der Waals surface area contributed by atoms with E-state index in [1.165, 1.54) is 11.1 Å².